The molecule has 0 unspecified atom stereocenters. The summed E-state index contributed by atoms with van der Waals surface area (Å²) in [7, 11) is 0. The Bertz CT molecular complexity index is 947. The van der Waals surface area contributed by atoms with Crippen molar-refractivity contribution in [2.45, 2.75) is 39.2 Å². The van der Waals surface area contributed by atoms with Crippen molar-refractivity contribution < 1.29 is 14.7 Å². The van der Waals surface area contributed by atoms with Gasteiger partial charge in [0.2, 0.25) is 0 Å². The highest BCUT2D eigenvalue weighted by atomic mass is 16.3. The van der Waals surface area contributed by atoms with Gasteiger partial charge in [0.25, 0.3) is 0 Å². The number of nitrogens with one attached hydrogen (secondary N) is 1. The first-order chi connectivity index (χ1) is 14.4. The zero-order valence-corrected chi connectivity index (χ0v) is 17.3. The van der Waals surface area contributed by atoms with Crippen molar-refractivity contribution in [3.8, 4) is 0 Å². The first kappa shape index (κ1) is 20.3. The summed E-state index contributed by atoms with van der Waals surface area (Å²) < 4.78 is 0. The molecule has 158 valence electrons. The lowest BCUT2D eigenvalue weighted by Gasteiger charge is -2.35. The molecule has 4 rings (SSSR count). The van der Waals surface area contributed by atoms with E-state index >= 15 is 0 Å². The van der Waals surface area contributed by atoms with Gasteiger partial charge < -0.3 is 10.0 Å². The highest BCUT2D eigenvalue weighted by Crippen LogP contribution is 2.39. The van der Waals surface area contributed by atoms with Crippen LogP contribution in [0, 0.1) is 5.41 Å². The van der Waals surface area contributed by atoms with Gasteiger partial charge in [0, 0.05) is 32.3 Å². The fourth-order valence-electron chi connectivity index (χ4n) is 3.89. The van der Waals surface area contributed by atoms with Crippen LogP contribution in [0.5, 0.6) is 0 Å². The number of carbonyl (C=O) groups is 2. The molecule has 2 aromatic heterocycles. The summed E-state index contributed by atoms with van der Waals surface area (Å²) in [5.74, 6) is 0.907. The Labute approximate surface area is 175 Å². The number of rotatable bonds is 6. The molecule has 1 saturated heterocycles. The molecule has 0 spiro atoms. The Kier molecular flexibility index (Phi) is 5.42. The van der Waals surface area contributed by atoms with Crippen LogP contribution < -0.4 is 15.1 Å². The minimum Gasteiger partial charge on any atom is -0.396 e. The first-order valence-electron chi connectivity index (χ1n) is 10.3. The predicted octanol–water partition coefficient (Wildman–Crippen LogP) is 3.09. The van der Waals surface area contributed by atoms with Crippen LogP contribution in [0.15, 0.2) is 36.5 Å². The van der Waals surface area contributed by atoms with E-state index in [0.29, 0.717) is 30.2 Å². The quantitative estimate of drug-likeness (QED) is 0.712. The summed E-state index contributed by atoms with van der Waals surface area (Å²) in [6.45, 7) is 5.48. The fourth-order valence-corrected chi connectivity index (χ4v) is 3.89. The number of urea groups is 1. The van der Waals surface area contributed by atoms with Gasteiger partial charge in [-0.3, -0.25) is 15.0 Å². The molecule has 2 aromatic rings. The Morgan fingerprint density at radius 1 is 1.27 bits per heavy atom. The standard InChI is InChI=1S/C22H27N5O3/c1-22(2,14-28)10-8-18(29)16-6-7-17-20(24-16)27(15-9-12-26(17)13-15)21(30)25-19-5-3-4-11-23-19/h3-7,11,15,28H,8-10,12-14H2,1-2H3,(H,23,25,30)/t15-/m0/s1. The maximum atomic E-state index is 13.1. The minimum atomic E-state index is -0.316. The molecule has 2 N–H and O–H groups in total. The number of aromatic nitrogens is 2. The van der Waals surface area contributed by atoms with Gasteiger partial charge in [0.05, 0.1) is 11.7 Å². The smallest absolute Gasteiger partial charge is 0.329 e. The van der Waals surface area contributed by atoms with Gasteiger partial charge in [-0.2, -0.15) is 0 Å². The molecular weight excluding hydrogens is 382 g/mol. The van der Waals surface area contributed by atoms with Crippen LogP contribution in [0.2, 0.25) is 0 Å². The summed E-state index contributed by atoms with van der Waals surface area (Å²) in [5, 5.41) is 12.3. The number of Topliss-reactive ketones (excluding diaryl/α,β-unsaturated/α-hetero) is 1. The van der Waals surface area contributed by atoms with Crippen LogP contribution in [0.3, 0.4) is 0 Å². The molecule has 0 radical (unpaired) electrons. The van der Waals surface area contributed by atoms with Gasteiger partial charge in [-0.15, -0.1) is 0 Å². The molecule has 2 aliphatic heterocycles. The predicted molar refractivity (Wildman–Crippen MR) is 115 cm³/mol. The van der Waals surface area contributed by atoms with Gasteiger partial charge in [-0.25, -0.2) is 14.8 Å². The van der Waals surface area contributed by atoms with Crippen molar-refractivity contribution in [1.82, 2.24) is 9.97 Å². The summed E-state index contributed by atoms with van der Waals surface area (Å²) in [4.78, 5) is 38.5. The third kappa shape index (κ3) is 4.00. The van der Waals surface area contributed by atoms with E-state index in [1.54, 1.807) is 29.3 Å². The molecule has 2 aliphatic rings. The molecule has 1 fully saturated rings. The van der Waals surface area contributed by atoms with Crippen LogP contribution >= 0.6 is 0 Å². The van der Waals surface area contributed by atoms with E-state index in [2.05, 4.69) is 20.2 Å². The van der Waals surface area contributed by atoms with Crippen molar-refractivity contribution in [1.29, 1.82) is 0 Å². The fraction of sp³-hybridized carbons (Fsp3) is 0.455. The molecule has 4 heterocycles. The van der Waals surface area contributed by atoms with Crippen LogP contribution in [-0.4, -0.2) is 52.6 Å². The maximum Gasteiger partial charge on any atom is 0.329 e. The second kappa shape index (κ2) is 8.02. The summed E-state index contributed by atoms with van der Waals surface area (Å²) in [6, 6.07) is 8.67. The minimum absolute atomic E-state index is 0.00684. The number of hydrogen-bond acceptors (Lipinski definition) is 6. The summed E-state index contributed by atoms with van der Waals surface area (Å²) >= 11 is 0. The molecule has 8 heteroatoms. The Morgan fingerprint density at radius 2 is 2.10 bits per heavy atom. The highest BCUT2D eigenvalue weighted by molar-refractivity contribution is 6.05. The molecule has 30 heavy (non-hydrogen) atoms. The Morgan fingerprint density at radius 3 is 2.83 bits per heavy atom. The molecule has 2 amide bonds. The third-order valence-electron chi connectivity index (χ3n) is 5.81. The number of aliphatic hydroxyl groups excluding tert-OH is 1. The number of anilines is 3. The zero-order chi connectivity index (χ0) is 21.3. The van der Waals surface area contributed by atoms with E-state index in [-0.39, 0.29) is 29.9 Å². The van der Waals surface area contributed by atoms with E-state index in [0.717, 1.165) is 25.2 Å². The third-order valence-corrected chi connectivity index (χ3v) is 5.81. The zero-order valence-electron chi connectivity index (χ0n) is 17.3. The number of amides is 2. The maximum absolute atomic E-state index is 13.1. The van der Waals surface area contributed by atoms with Crippen LogP contribution in [0.1, 0.15) is 43.6 Å². The lowest BCUT2D eigenvalue weighted by molar-refractivity contribution is 0.0929. The van der Waals surface area contributed by atoms with E-state index in [1.165, 1.54) is 0 Å². The van der Waals surface area contributed by atoms with Gasteiger partial charge >= 0.3 is 6.03 Å². The van der Waals surface area contributed by atoms with Gasteiger partial charge in [-0.1, -0.05) is 19.9 Å². The normalized spacial score (nSPS) is 17.6. The van der Waals surface area contributed by atoms with E-state index in [9.17, 15) is 14.7 Å². The number of pyridine rings is 2. The number of ketones is 1. The topological polar surface area (TPSA) is 98.7 Å². The highest BCUT2D eigenvalue weighted by Gasteiger charge is 2.40. The van der Waals surface area contributed by atoms with Gasteiger partial charge in [0.1, 0.15) is 11.5 Å². The number of aliphatic hydroxyl groups is 1. The lowest BCUT2D eigenvalue weighted by atomic mass is 9.87. The number of carbonyl (C=O) groups excluding carboxylic acids is 2. The number of fused-ring (bicyclic) bond motifs is 4. The van der Waals surface area contributed by atoms with E-state index in [1.807, 2.05) is 26.0 Å². The van der Waals surface area contributed by atoms with Crippen LogP contribution in [-0.2, 0) is 0 Å². The first-order valence-corrected chi connectivity index (χ1v) is 10.3. The second-order valence-electron chi connectivity index (χ2n) is 8.69. The summed E-state index contributed by atoms with van der Waals surface area (Å²) in [6.07, 6.45) is 3.34. The van der Waals surface area contributed by atoms with Gasteiger partial charge in [-0.05, 0) is 42.5 Å². The van der Waals surface area contributed by atoms with Crippen molar-refractivity contribution in [3.63, 3.8) is 0 Å². The van der Waals surface area contributed by atoms with Crippen molar-refractivity contribution in [3.05, 3.63) is 42.2 Å². The number of nitrogens with zero attached hydrogens (tertiary/aromatic N) is 4. The van der Waals surface area contributed by atoms with Crippen LogP contribution in [0.25, 0.3) is 0 Å². The molecule has 0 saturated carbocycles. The monoisotopic (exact) mass is 409 g/mol. The largest absolute Gasteiger partial charge is 0.396 e. The Hall–Kier alpha value is -3.00. The van der Waals surface area contributed by atoms with Crippen LogP contribution in [0.4, 0.5) is 22.1 Å². The van der Waals surface area contributed by atoms with E-state index in [4.69, 9.17) is 0 Å². The molecule has 0 aromatic carbocycles. The van der Waals surface area contributed by atoms with Gasteiger partial charge in [0.15, 0.2) is 11.6 Å². The molecule has 8 nitrogen and oxygen atoms in total. The molecule has 1 atom stereocenters. The van der Waals surface area contributed by atoms with E-state index < -0.39 is 0 Å². The van der Waals surface area contributed by atoms with Crippen molar-refractivity contribution >= 4 is 29.1 Å². The second-order valence-corrected chi connectivity index (χ2v) is 8.69. The van der Waals surface area contributed by atoms with Crippen molar-refractivity contribution in [2.24, 2.45) is 5.41 Å². The Balaban J connectivity index is 1.60. The lowest BCUT2D eigenvalue weighted by Crippen LogP contribution is -2.48. The molecule has 0 aliphatic carbocycles. The summed E-state index contributed by atoms with van der Waals surface area (Å²) in [5.41, 5.74) is 0.899. The average molecular weight is 409 g/mol. The SMILES string of the molecule is CC(C)(CO)CCC(=O)c1ccc2c(n1)N(C(=O)Nc1ccccn1)[C@H]1CCN2C1. The number of hydrogen-bond donors (Lipinski definition) is 2. The molecular formula is C22H27N5O3. The molecule has 2 bridgehead atoms. The average Bonchev–Trinajstić information content (AvgIpc) is 3.16. The van der Waals surface area contributed by atoms with Crippen molar-refractivity contribution in [2.75, 3.05) is 34.8 Å².